The van der Waals surface area contributed by atoms with Gasteiger partial charge in [0.15, 0.2) is 20.8 Å². The number of fused-ring (bicyclic) bond motifs is 1. The number of primary amides is 1. The first kappa shape index (κ1) is 21.6. The maximum absolute atomic E-state index is 12.8. The molecule has 0 fully saturated rings. The quantitative estimate of drug-likeness (QED) is 0.592. The number of hydrogen-bond donors (Lipinski definition) is 2. The van der Waals surface area contributed by atoms with E-state index in [2.05, 4.69) is 10.3 Å². The van der Waals surface area contributed by atoms with Crippen LogP contribution in [0, 0.1) is 6.92 Å². The van der Waals surface area contributed by atoms with Crippen molar-refractivity contribution in [3.8, 4) is 11.1 Å². The van der Waals surface area contributed by atoms with Crippen LogP contribution >= 0.6 is 0 Å². The van der Waals surface area contributed by atoms with Gasteiger partial charge in [0.05, 0.1) is 5.39 Å². The van der Waals surface area contributed by atoms with E-state index in [1.54, 1.807) is 18.2 Å². The van der Waals surface area contributed by atoms with Crippen molar-refractivity contribution in [2.75, 3.05) is 6.26 Å². The largest absolute Gasteiger partial charge is 0.371 e. The van der Waals surface area contributed by atoms with E-state index in [4.69, 9.17) is 5.73 Å². The molecule has 1 amide bonds. The zero-order chi connectivity index (χ0) is 22.3. The number of benzene rings is 2. The zero-order valence-corrected chi connectivity index (χ0v) is 17.5. The fourth-order valence-corrected chi connectivity index (χ4v) is 3.86. The summed E-state index contributed by atoms with van der Waals surface area (Å²) in [5.41, 5.74) is 7.80. The number of aliphatic hydroxyl groups excluding tert-OH is 1. The minimum atomic E-state index is -3.96. The Bertz CT molecular complexity index is 1280. The molecule has 0 aliphatic carbocycles. The molecule has 0 spiro atoms. The minimum absolute atomic E-state index is 0.194. The molecular weight excluding hydrogens is 408 g/mol. The van der Waals surface area contributed by atoms with Gasteiger partial charge in [-0.2, -0.15) is 4.68 Å². The second-order valence-corrected chi connectivity index (χ2v) is 9.93. The molecule has 1 aromatic heterocycles. The molecule has 0 aliphatic rings. The van der Waals surface area contributed by atoms with Crippen LogP contribution in [0.3, 0.4) is 0 Å². The van der Waals surface area contributed by atoms with Crippen molar-refractivity contribution in [3.63, 3.8) is 0 Å². The lowest BCUT2D eigenvalue weighted by molar-refractivity contribution is -0.121. The number of aromatic nitrogens is 3. The zero-order valence-electron chi connectivity index (χ0n) is 16.7. The van der Waals surface area contributed by atoms with Gasteiger partial charge in [0.2, 0.25) is 5.91 Å². The van der Waals surface area contributed by atoms with Crippen molar-refractivity contribution in [3.05, 3.63) is 58.4 Å². The Morgan fingerprint density at radius 3 is 2.37 bits per heavy atom. The molecule has 10 heteroatoms. The second kappa shape index (κ2) is 7.62. The lowest BCUT2D eigenvalue weighted by Crippen LogP contribution is -2.49. The van der Waals surface area contributed by atoms with Crippen LogP contribution in [0.4, 0.5) is 0 Å². The molecule has 0 saturated carbocycles. The van der Waals surface area contributed by atoms with Crippen LogP contribution in [-0.4, -0.2) is 45.4 Å². The van der Waals surface area contributed by atoms with E-state index < -0.39 is 38.7 Å². The van der Waals surface area contributed by atoms with Crippen LogP contribution < -0.4 is 11.3 Å². The van der Waals surface area contributed by atoms with Crippen LogP contribution in [0.25, 0.3) is 22.0 Å². The van der Waals surface area contributed by atoms with Crippen molar-refractivity contribution < 1.29 is 18.3 Å². The van der Waals surface area contributed by atoms with E-state index in [0.29, 0.717) is 10.2 Å². The van der Waals surface area contributed by atoms with Crippen molar-refractivity contribution >= 4 is 26.6 Å². The number of hydrogen-bond acceptors (Lipinski definition) is 7. The van der Waals surface area contributed by atoms with Crippen LogP contribution in [-0.2, 0) is 14.6 Å². The molecule has 3 rings (SSSR count). The Morgan fingerprint density at radius 1 is 1.20 bits per heavy atom. The normalized spacial score (nSPS) is 14.9. The highest BCUT2D eigenvalue weighted by Gasteiger charge is 2.44. The molecule has 2 unspecified atom stereocenters. The number of aliphatic hydroxyl groups is 1. The SMILES string of the molecule is Cc1ccc(-c2ccc3c(=O)n(C(O)CC(C)(C(N)=O)S(C)(=O)=O)nnc3c2)cc1. The molecule has 0 aliphatic heterocycles. The fourth-order valence-electron chi connectivity index (χ4n) is 3.05. The maximum atomic E-state index is 12.8. The number of carbonyl (C=O) groups excluding carboxylic acids is 1. The lowest BCUT2D eigenvalue weighted by Gasteiger charge is -2.26. The highest BCUT2D eigenvalue weighted by Crippen LogP contribution is 2.26. The molecule has 2 aromatic carbocycles. The van der Waals surface area contributed by atoms with E-state index in [1.807, 2.05) is 31.2 Å². The summed E-state index contributed by atoms with van der Waals surface area (Å²) in [5, 5.41) is 18.4. The molecule has 0 bridgehead atoms. The number of carbonyl (C=O) groups is 1. The number of aryl methyl sites for hydroxylation is 1. The Balaban J connectivity index is 2.01. The third-order valence-electron chi connectivity index (χ3n) is 5.26. The summed E-state index contributed by atoms with van der Waals surface area (Å²) in [7, 11) is -3.96. The number of sulfone groups is 1. The Kier molecular flexibility index (Phi) is 5.48. The molecule has 0 saturated heterocycles. The first-order valence-electron chi connectivity index (χ1n) is 9.08. The van der Waals surface area contributed by atoms with Gasteiger partial charge in [-0.15, -0.1) is 5.10 Å². The number of nitrogens with two attached hydrogens (primary N) is 1. The Morgan fingerprint density at radius 2 is 1.80 bits per heavy atom. The summed E-state index contributed by atoms with van der Waals surface area (Å²) in [5.74, 6) is -1.13. The molecule has 0 radical (unpaired) electrons. The topological polar surface area (TPSA) is 145 Å². The van der Waals surface area contributed by atoms with Gasteiger partial charge in [-0.1, -0.05) is 41.1 Å². The summed E-state index contributed by atoms with van der Waals surface area (Å²) in [6, 6.07) is 12.9. The molecule has 9 nitrogen and oxygen atoms in total. The minimum Gasteiger partial charge on any atom is -0.371 e. The van der Waals surface area contributed by atoms with E-state index in [9.17, 15) is 23.1 Å². The average molecular weight is 430 g/mol. The van der Waals surface area contributed by atoms with Gasteiger partial charge in [-0.05, 0) is 37.1 Å². The van der Waals surface area contributed by atoms with Gasteiger partial charge in [0, 0.05) is 12.7 Å². The molecule has 1 heterocycles. The standard InChI is InChI=1S/C20H22N4O5S/c1-12-4-6-13(7-5-12)14-8-9-15-16(10-14)22-23-24(18(15)26)17(25)11-20(2,19(21)27)30(3,28)29/h4-10,17,25H,11H2,1-3H3,(H2,21,27). The van der Waals surface area contributed by atoms with Gasteiger partial charge < -0.3 is 10.8 Å². The molecule has 3 aromatic rings. The highest BCUT2D eigenvalue weighted by molar-refractivity contribution is 7.92. The van der Waals surface area contributed by atoms with Crippen LogP contribution in [0.1, 0.15) is 25.1 Å². The molecule has 2 atom stereocenters. The van der Waals surface area contributed by atoms with Crippen molar-refractivity contribution in [1.82, 2.24) is 15.0 Å². The fraction of sp³-hybridized carbons (Fsp3) is 0.300. The summed E-state index contributed by atoms with van der Waals surface area (Å²) in [6.45, 7) is 3.08. The predicted molar refractivity (Wildman–Crippen MR) is 112 cm³/mol. The number of rotatable bonds is 6. The molecule has 3 N–H and O–H groups in total. The maximum Gasteiger partial charge on any atom is 0.280 e. The van der Waals surface area contributed by atoms with Crippen LogP contribution in [0.2, 0.25) is 0 Å². The van der Waals surface area contributed by atoms with Crippen molar-refractivity contribution in [2.24, 2.45) is 5.73 Å². The molecular formula is C20H22N4O5S. The first-order valence-corrected chi connectivity index (χ1v) is 11.0. The highest BCUT2D eigenvalue weighted by atomic mass is 32.2. The van der Waals surface area contributed by atoms with Gasteiger partial charge in [-0.25, -0.2) is 8.42 Å². The Hall–Kier alpha value is -3.11. The second-order valence-electron chi connectivity index (χ2n) is 7.49. The summed E-state index contributed by atoms with van der Waals surface area (Å²) in [6.07, 6.45) is -1.51. The smallest absolute Gasteiger partial charge is 0.280 e. The Labute approximate surface area is 173 Å². The lowest BCUT2D eigenvalue weighted by atomic mass is 10.0. The third-order valence-corrected chi connectivity index (χ3v) is 7.27. The van der Waals surface area contributed by atoms with Gasteiger partial charge in [-0.3, -0.25) is 9.59 Å². The summed E-state index contributed by atoms with van der Waals surface area (Å²) in [4.78, 5) is 24.5. The first-order chi connectivity index (χ1) is 13.9. The van der Waals surface area contributed by atoms with Gasteiger partial charge >= 0.3 is 0 Å². The van der Waals surface area contributed by atoms with Gasteiger partial charge in [0.25, 0.3) is 5.56 Å². The number of amides is 1. The third kappa shape index (κ3) is 3.83. The molecule has 158 valence electrons. The summed E-state index contributed by atoms with van der Waals surface area (Å²) < 4.78 is 22.6. The van der Waals surface area contributed by atoms with E-state index in [0.717, 1.165) is 29.9 Å². The van der Waals surface area contributed by atoms with E-state index in [1.165, 1.54) is 0 Å². The van der Waals surface area contributed by atoms with Crippen LogP contribution in [0.15, 0.2) is 47.3 Å². The van der Waals surface area contributed by atoms with Crippen LogP contribution in [0.5, 0.6) is 0 Å². The summed E-state index contributed by atoms with van der Waals surface area (Å²) >= 11 is 0. The average Bonchev–Trinajstić information content (AvgIpc) is 2.67. The number of nitrogens with zero attached hydrogens (tertiary/aromatic N) is 3. The predicted octanol–water partition coefficient (Wildman–Crippen LogP) is 0.937. The van der Waals surface area contributed by atoms with Crippen molar-refractivity contribution in [1.29, 1.82) is 0 Å². The van der Waals surface area contributed by atoms with E-state index >= 15 is 0 Å². The van der Waals surface area contributed by atoms with Crippen molar-refractivity contribution in [2.45, 2.75) is 31.2 Å². The molecule has 30 heavy (non-hydrogen) atoms. The van der Waals surface area contributed by atoms with E-state index in [-0.39, 0.29) is 5.39 Å². The monoisotopic (exact) mass is 430 g/mol. The van der Waals surface area contributed by atoms with Gasteiger partial charge in [0.1, 0.15) is 5.52 Å².